The Morgan fingerprint density at radius 3 is 1.86 bits per heavy atom. The number of carbonyl (C=O) groups excluding carboxylic acids is 1. The first-order chi connectivity index (χ1) is 10.3. The molecule has 2 nitrogen and oxygen atoms in total. The molecule has 1 saturated heterocycles. The highest BCUT2D eigenvalue weighted by atomic mass is 16.6. The Labute approximate surface area is 133 Å². The number of cyclic esters (lactones) is 1. The number of fused-ring (bicyclic) bond motifs is 2. The lowest BCUT2D eigenvalue weighted by atomic mass is 9.63. The molecule has 3 aliphatic rings. The number of hydrogen-bond acceptors (Lipinski definition) is 2. The van der Waals surface area contributed by atoms with E-state index in [1.165, 1.54) is 32.1 Å². The Balaban J connectivity index is 0.000000598. The smallest absolute Gasteiger partial charge is 0.309 e. The topological polar surface area (TPSA) is 26.3 Å². The Morgan fingerprint density at radius 2 is 1.33 bits per heavy atom. The summed E-state index contributed by atoms with van der Waals surface area (Å²) in [6, 6.07) is 0. The van der Waals surface area contributed by atoms with Crippen LogP contribution >= 0.6 is 0 Å². The lowest BCUT2D eigenvalue weighted by Gasteiger charge is -2.40. The van der Waals surface area contributed by atoms with Crippen molar-refractivity contribution in [3.8, 4) is 0 Å². The van der Waals surface area contributed by atoms with E-state index < -0.39 is 0 Å². The second-order valence-corrected chi connectivity index (χ2v) is 5.69. The van der Waals surface area contributed by atoms with Crippen LogP contribution in [0, 0.1) is 23.7 Å². The number of ether oxygens (including phenoxy) is 1. The predicted molar refractivity (Wildman–Crippen MR) is 91.3 cm³/mol. The highest BCUT2D eigenvalue weighted by Crippen LogP contribution is 2.49. The van der Waals surface area contributed by atoms with E-state index >= 15 is 0 Å². The summed E-state index contributed by atoms with van der Waals surface area (Å²) in [4.78, 5) is 11.7. The van der Waals surface area contributed by atoms with Crippen molar-refractivity contribution in [3.05, 3.63) is 0 Å². The standard InChI is InChI=1S/C13H20O2.3C2H6/c1-8-11-6-9-4-2-3-5-10(9)7-12(11)13(14)15-8;3*1-2/h8-12H,2-7H2,1H3;3*1-2H3. The van der Waals surface area contributed by atoms with Crippen molar-refractivity contribution in [2.24, 2.45) is 23.7 Å². The van der Waals surface area contributed by atoms with Crippen LogP contribution in [0.4, 0.5) is 0 Å². The van der Waals surface area contributed by atoms with Crippen LogP contribution in [0.1, 0.15) is 87.0 Å². The van der Waals surface area contributed by atoms with Crippen LogP contribution < -0.4 is 0 Å². The van der Waals surface area contributed by atoms with Gasteiger partial charge < -0.3 is 4.74 Å². The number of esters is 1. The zero-order chi connectivity index (χ0) is 16.4. The molecular weight excluding hydrogens is 260 g/mol. The van der Waals surface area contributed by atoms with Gasteiger partial charge in [0, 0.05) is 5.92 Å². The van der Waals surface area contributed by atoms with Crippen LogP contribution in [-0.4, -0.2) is 12.1 Å². The minimum Gasteiger partial charge on any atom is -0.462 e. The Hall–Kier alpha value is -0.530. The molecule has 1 aliphatic heterocycles. The van der Waals surface area contributed by atoms with Crippen molar-refractivity contribution in [1.29, 1.82) is 0 Å². The van der Waals surface area contributed by atoms with Gasteiger partial charge in [-0.25, -0.2) is 0 Å². The molecule has 0 radical (unpaired) electrons. The van der Waals surface area contributed by atoms with Crippen molar-refractivity contribution in [1.82, 2.24) is 0 Å². The predicted octanol–water partition coefficient (Wildman–Crippen LogP) is 5.84. The first-order valence-corrected chi connectivity index (χ1v) is 9.46. The largest absolute Gasteiger partial charge is 0.462 e. The number of rotatable bonds is 0. The molecule has 2 aliphatic carbocycles. The van der Waals surface area contributed by atoms with Crippen LogP contribution in [0.5, 0.6) is 0 Å². The molecule has 0 aromatic heterocycles. The summed E-state index contributed by atoms with van der Waals surface area (Å²) in [6.07, 6.45) is 8.10. The van der Waals surface area contributed by atoms with E-state index in [0.29, 0.717) is 5.92 Å². The molecule has 0 bridgehead atoms. The van der Waals surface area contributed by atoms with E-state index in [9.17, 15) is 4.79 Å². The van der Waals surface area contributed by atoms with Gasteiger partial charge in [0.25, 0.3) is 0 Å². The fourth-order valence-electron chi connectivity index (χ4n) is 4.07. The van der Waals surface area contributed by atoms with Crippen LogP contribution in [-0.2, 0) is 9.53 Å². The molecule has 0 aromatic carbocycles. The van der Waals surface area contributed by atoms with Gasteiger partial charge in [0.15, 0.2) is 0 Å². The van der Waals surface area contributed by atoms with Crippen LogP contribution in [0.25, 0.3) is 0 Å². The number of hydrogen-bond donors (Lipinski definition) is 0. The second-order valence-electron chi connectivity index (χ2n) is 5.69. The van der Waals surface area contributed by atoms with Crippen molar-refractivity contribution >= 4 is 5.97 Å². The molecule has 21 heavy (non-hydrogen) atoms. The molecule has 0 spiro atoms. The maximum Gasteiger partial charge on any atom is 0.309 e. The van der Waals surface area contributed by atoms with E-state index in [0.717, 1.165) is 18.3 Å². The van der Waals surface area contributed by atoms with Crippen molar-refractivity contribution < 1.29 is 9.53 Å². The van der Waals surface area contributed by atoms with Crippen LogP contribution in [0.2, 0.25) is 0 Å². The van der Waals surface area contributed by atoms with Gasteiger partial charge in [-0.2, -0.15) is 0 Å². The minimum absolute atomic E-state index is 0.0940. The molecule has 0 amide bonds. The molecule has 0 aromatic rings. The molecule has 126 valence electrons. The molecule has 5 unspecified atom stereocenters. The molecule has 3 rings (SSSR count). The lowest BCUT2D eigenvalue weighted by molar-refractivity contribution is -0.144. The highest BCUT2D eigenvalue weighted by molar-refractivity contribution is 5.75. The zero-order valence-electron chi connectivity index (χ0n) is 15.4. The molecule has 2 heteroatoms. The molecule has 1 heterocycles. The van der Waals surface area contributed by atoms with Gasteiger partial charge >= 0.3 is 5.97 Å². The van der Waals surface area contributed by atoms with Gasteiger partial charge in [-0.05, 0) is 31.6 Å². The summed E-state index contributed by atoms with van der Waals surface area (Å²) in [5.74, 6) is 2.61. The van der Waals surface area contributed by atoms with Crippen molar-refractivity contribution in [3.63, 3.8) is 0 Å². The Kier molecular flexibility index (Phi) is 10.8. The fraction of sp³-hybridized carbons (Fsp3) is 0.947. The first kappa shape index (κ1) is 20.5. The number of carbonyl (C=O) groups is 1. The third kappa shape index (κ3) is 5.00. The fourth-order valence-corrected chi connectivity index (χ4v) is 4.07. The maximum atomic E-state index is 11.7. The van der Waals surface area contributed by atoms with E-state index in [1.54, 1.807) is 0 Å². The molecular formula is C19H38O2. The third-order valence-electron chi connectivity index (χ3n) is 4.92. The van der Waals surface area contributed by atoms with E-state index in [4.69, 9.17) is 4.74 Å². The van der Waals surface area contributed by atoms with E-state index in [-0.39, 0.29) is 18.0 Å². The minimum atomic E-state index is 0.0940. The highest BCUT2D eigenvalue weighted by Gasteiger charge is 2.48. The summed E-state index contributed by atoms with van der Waals surface area (Å²) in [5.41, 5.74) is 0. The van der Waals surface area contributed by atoms with Crippen molar-refractivity contribution in [2.75, 3.05) is 0 Å². The van der Waals surface area contributed by atoms with Gasteiger partial charge in [-0.15, -0.1) is 0 Å². The van der Waals surface area contributed by atoms with Gasteiger partial charge in [0.2, 0.25) is 0 Å². The van der Waals surface area contributed by atoms with Crippen LogP contribution in [0.15, 0.2) is 0 Å². The third-order valence-corrected chi connectivity index (χ3v) is 4.92. The quantitative estimate of drug-likeness (QED) is 0.525. The summed E-state index contributed by atoms with van der Waals surface area (Å²) >= 11 is 0. The average molecular weight is 299 g/mol. The zero-order valence-corrected chi connectivity index (χ0v) is 15.4. The SMILES string of the molecule is CC.CC.CC.CC1OC(=O)C2CC3CCCCC3CC12. The Morgan fingerprint density at radius 1 is 0.857 bits per heavy atom. The Bertz CT molecular complexity index is 275. The van der Waals surface area contributed by atoms with Gasteiger partial charge in [-0.1, -0.05) is 67.2 Å². The average Bonchev–Trinajstić information content (AvgIpc) is 2.85. The monoisotopic (exact) mass is 298 g/mol. The molecule has 0 N–H and O–H groups in total. The normalized spacial score (nSPS) is 36.1. The summed E-state index contributed by atoms with van der Waals surface area (Å²) in [7, 11) is 0. The van der Waals surface area contributed by atoms with Gasteiger partial charge in [0.1, 0.15) is 6.10 Å². The maximum absolute atomic E-state index is 11.7. The first-order valence-electron chi connectivity index (χ1n) is 9.46. The van der Waals surface area contributed by atoms with Crippen LogP contribution in [0.3, 0.4) is 0 Å². The molecule has 5 atom stereocenters. The van der Waals surface area contributed by atoms with E-state index in [2.05, 4.69) is 6.92 Å². The summed E-state index contributed by atoms with van der Waals surface area (Å²) < 4.78 is 5.38. The van der Waals surface area contributed by atoms with Crippen molar-refractivity contribution in [2.45, 2.75) is 93.1 Å². The lowest BCUT2D eigenvalue weighted by Crippen LogP contribution is -2.35. The van der Waals surface area contributed by atoms with Gasteiger partial charge in [0.05, 0.1) is 5.92 Å². The summed E-state index contributed by atoms with van der Waals surface area (Å²) in [5, 5.41) is 0. The molecule has 2 saturated carbocycles. The second kappa shape index (κ2) is 11.1. The van der Waals surface area contributed by atoms with E-state index in [1.807, 2.05) is 41.5 Å². The summed E-state index contributed by atoms with van der Waals surface area (Å²) in [6.45, 7) is 14.1. The molecule has 3 fully saturated rings. The van der Waals surface area contributed by atoms with Gasteiger partial charge in [-0.3, -0.25) is 4.79 Å².